The van der Waals surface area contributed by atoms with Crippen LogP contribution in [0.1, 0.15) is 35.4 Å². The van der Waals surface area contributed by atoms with Gasteiger partial charge in [0.1, 0.15) is 17.6 Å². The molecule has 1 saturated heterocycles. The van der Waals surface area contributed by atoms with Crippen LogP contribution in [0.2, 0.25) is 0 Å². The molecule has 1 atom stereocenters. The lowest BCUT2D eigenvalue weighted by Gasteiger charge is -2.43. The van der Waals surface area contributed by atoms with Crippen molar-refractivity contribution in [2.45, 2.75) is 42.1 Å². The first kappa shape index (κ1) is 31.3. The standard InChI is InChI=1S/C29H26F6N2O6S/c1-42-25-7-3-6-22(29(33,34)35)27(25)17-14-36(15-17)19-8-10-24-23(13-19)37(16-20(43-24)9-11-26(38)39)44(40,41)21-5-2-4-18(12-21)28(30,31)32/h2-8,10,12-13,17,20H,9,11,14-16H2,1H3,(H,38,39). The minimum Gasteiger partial charge on any atom is -0.496 e. The maximum absolute atomic E-state index is 13.8. The Morgan fingerprint density at radius 3 is 2.32 bits per heavy atom. The molecule has 8 nitrogen and oxygen atoms in total. The van der Waals surface area contributed by atoms with E-state index in [2.05, 4.69) is 0 Å². The number of carbonyl (C=O) groups is 1. The Balaban J connectivity index is 1.48. The van der Waals surface area contributed by atoms with E-state index < -0.39 is 56.4 Å². The van der Waals surface area contributed by atoms with Crippen LogP contribution in [0.25, 0.3) is 0 Å². The molecule has 2 heterocycles. The van der Waals surface area contributed by atoms with Crippen molar-refractivity contribution >= 4 is 27.4 Å². The first-order valence-corrected chi connectivity index (χ1v) is 14.7. The normalized spacial score (nSPS) is 17.5. The van der Waals surface area contributed by atoms with Crippen molar-refractivity contribution in [2.75, 3.05) is 35.9 Å². The zero-order valence-electron chi connectivity index (χ0n) is 23.0. The van der Waals surface area contributed by atoms with Gasteiger partial charge in [-0.1, -0.05) is 12.1 Å². The number of sulfonamides is 1. The van der Waals surface area contributed by atoms with Gasteiger partial charge < -0.3 is 19.5 Å². The molecule has 0 aromatic heterocycles. The Kier molecular flexibility index (Phi) is 8.12. The van der Waals surface area contributed by atoms with E-state index in [0.717, 1.165) is 28.6 Å². The van der Waals surface area contributed by atoms with Crippen LogP contribution < -0.4 is 18.7 Å². The third kappa shape index (κ3) is 6.10. The molecule has 0 spiro atoms. The van der Waals surface area contributed by atoms with Crippen molar-refractivity contribution in [3.8, 4) is 11.5 Å². The number of fused-ring (bicyclic) bond motifs is 1. The minimum absolute atomic E-state index is 0.00297. The highest BCUT2D eigenvalue weighted by atomic mass is 32.2. The molecule has 0 radical (unpaired) electrons. The number of aliphatic carboxylic acids is 1. The molecule has 15 heteroatoms. The number of hydrogen-bond acceptors (Lipinski definition) is 6. The van der Waals surface area contributed by atoms with Crippen LogP contribution in [0.3, 0.4) is 0 Å². The van der Waals surface area contributed by atoms with Gasteiger partial charge in [0.2, 0.25) is 0 Å². The summed E-state index contributed by atoms with van der Waals surface area (Å²) in [6.45, 7) is -0.0868. The summed E-state index contributed by atoms with van der Waals surface area (Å²) in [5.74, 6) is -1.54. The van der Waals surface area contributed by atoms with Gasteiger partial charge in [-0.3, -0.25) is 9.10 Å². The van der Waals surface area contributed by atoms with E-state index in [0.29, 0.717) is 11.8 Å². The molecule has 0 saturated carbocycles. The SMILES string of the molecule is COc1cccc(C(F)(F)F)c1C1CN(c2ccc3c(c2)N(S(=O)(=O)c2cccc(C(F)(F)F)c2)CC(CCC(=O)O)O3)C1. The number of anilines is 2. The average molecular weight is 645 g/mol. The van der Waals surface area contributed by atoms with Crippen LogP contribution in [0.15, 0.2) is 65.6 Å². The highest BCUT2D eigenvalue weighted by Gasteiger charge is 2.42. The van der Waals surface area contributed by atoms with Crippen LogP contribution in [-0.4, -0.2) is 52.3 Å². The largest absolute Gasteiger partial charge is 0.496 e. The lowest BCUT2D eigenvalue weighted by molar-refractivity contribution is -0.139. The molecule has 2 aliphatic heterocycles. The summed E-state index contributed by atoms with van der Waals surface area (Å²) in [6, 6.07) is 11.4. The fourth-order valence-electron chi connectivity index (χ4n) is 5.38. The summed E-state index contributed by atoms with van der Waals surface area (Å²) in [6.07, 6.45) is -10.7. The molecule has 236 valence electrons. The molecule has 44 heavy (non-hydrogen) atoms. The molecular formula is C29H26F6N2O6S. The Labute approximate surface area is 248 Å². The third-order valence-corrected chi connectivity index (χ3v) is 9.33. The number of carboxylic acids is 1. The van der Waals surface area contributed by atoms with Gasteiger partial charge in [-0.25, -0.2) is 8.42 Å². The number of halogens is 6. The number of rotatable bonds is 8. The predicted octanol–water partition coefficient (Wildman–Crippen LogP) is 6.16. The quantitative estimate of drug-likeness (QED) is 0.294. The lowest BCUT2D eigenvalue weighted by atomic mass is 9.86. The predicted molar refractivity (Wildman–Crippen MR) is 147 cm³/mol. The van der Waals surface area contributed by atoms with Crippen LogP contribution in [0.4, 0.5) is 37.7 Å². The number of benzene rings is 3. The zero-order valence-corrected chi connectivity index (χ0v) is 23.8. The summed E-state index contributed by atoms with van der Waals surface area (Å²) in [5, 5.41) is 9.11. The van der Waals surface area contributed by atoms with E-state index in [4.69, 9.17) is 14.6 Å². The number of methoxy groups -OCH3 is 1. The summed E-state index contributed by atoms with van der Waals surface area (Å²) in [5.41, 5.74) is -1.52. The van der Waals surface area contributed by atoms with E-state index in [1.807, 2.05) is 0 Å². The zero-order chi connectivity index (χ0) is 32.0. The van der Waals surface area contributed by atoms with Crippen LogP contribution in [-0.2, 0) is 27.2 Å². The van der Waals surface area contributed by atoms with Crippen molar-refractivity contribution in [3.05, 3.63) is 77.4 Å². The van der Waals surface area contributed by atoms with Crippen molar-refractivity contribution in [3.63, 3.8) is 0 Å². The molecule has 5 rings (SSSR count). The Morgan fingerprint density at radius 2 is 1.68 bits per heavy atom. The maximum atomic E-state index is 13.8. The monoisotopic (exact) mass is 644 g/mol. The third-order valence-electron chi connectivity index (χ3n) is 7.55. The van der Waals surface area contributed by atoms with E-state index in [9.17, 15) is 39.6 Å². The van der Waals surface area contributed by atoms with Gasteiger partial charge in [0, 0.05) is 36.7 Å². The molecule has 2 aliphatic rings. The molecular weight excluding hydrogens is 618 g/mol. The average Bonchev–Trinajstić information content (AvgIpc) is 2.94. The number of nitrogens with zero attached hydrogens (tertiary/aromatic N) is 2. The summed E-state index contributed by atoms with van der Waals surface area (Å²) < 4.78 is 121. The van der Waals surface area contributed by atoms with Gasteiger partial charge in [0.25, 0.3) is 10.0 Å². The van der Waals surface area contributed by atoms with E-state index in [-0.39, 0.29) is 55.2 Å². The summed E-state index contributed by atoms with van der Waals surface area (Å²) >= 11 is 0. The first-order chi connectivity index (χ1) is 20.6. The van der Waals surface area contributed by atoms with E-state index in [1.54, 1.807) is 11.0 Å². The van der Waals surface area contributed by atoms with Crippen LogP contribution in [0, 0.1) is 0 Å². The molecule has 0 aliphatic carbocycles. The molecule has 3 aromatic rings. The highest BCUT2D eigenvalue weighted by molar-refractivity contribution is 7.92. The van der Waals surface area contributed by atoms with E-state index in [1.165, 1.54) is 31.4 Å². The highest BCUT2D eigenvalue weighted by Crippen LogP contribution is 2.46. The molecule has 3 aromatic carbocycles. The number of hydrogen-bond donors (Lipinski definition) is 1. The summed E-state index contributed by atoms with van der Waals surface area (Å²) in [7, 11) is -3.32. The second-order valence-corrected chi connectivity index (χ2v) is 12.3. The minimum atomic E-state index is -4.80. The fraction of sp³-hybridized carbons (Fsp3) is 0.345. The van der Waals surface area contributed by atoms with Gasteiger partial charge >= 0.3 is 18.3 Å². The van der Waals surface area contributed by atoms with Gasteiger partial charge in [-0.15, -0.1) is 0 Å². The Bertz CT molecular complexity index is 1670. The van der Waals surface area contributed by atoms with Crippen LogP contribution >= 0.6 is 0 Å². The van der Waals surface area contributed by atoms with Crippen molar-refractivity contribution in [2.24, 2.45) is 0 Å². The maximum Gasteiger partial charge on any atom is 0.416 e. The number of ether oxygens (including phenoxy) is 2. The van der Waals surface area contributed by atoms with Crippen molar-refractivity contribution < 1.29 is 54.1 Å². The smallest absolute Gasteiger partial charge is 0.416 e. The molecule has 1 N–H and O–H groups in total. The second kappa shape index (κ2) is 11.4. The van der Waals surface area contributed by atoms with Gasteiger partial charge in [-0.2, -0.15) is 26.3 Å². The first-order valence-electron chi connectivity index (χ1n) is 13.3. The van der Waals surface area contributed by atoms with Crippen LogP contribution in [0.5, 0.6) is 11.5 Å². The van der Waals surface area contributed by atoms with Gasteiger partial charge in [0.15, 0.2) is 0 Å². The summed E-state index contributed by atoms with van der Waals surface area (Å²) in [4.78, 5) is 12.3. The number of alkyl halides is 6. The van der Waals surface area contributed by atoms with Crippen molar-refractivity contribution in [1.29, 1.82) is 0 Å². The second-order valence-electron chi connectivity index (χ2n) is 10.4. The molecule has 1 unspecified atom stereocenters. The Hall–Kier alpha value is -4.14. The molecule has 0 amide bonds. The van der Waals surface area contributed by atoms with Gasteiger partial charge in [0.05, 0.1) is 35.4 Å². The van der Waals surface area contributed by atoms with Crippen molar-refractivity contribution in [1.82, 2.24) is 0 Å². The topological polar surface area (TPSA) is 96.4 Å². The van der Waals surface area contributed by atoms with Gasteiger partial charge in [-0.05, 0) is 55.0 Å². The molecule has 1 fully saturated rings. The number of carboxylic acid groups (broad SMARTS) is 1. The fourth-order valence-corrected chi connectivity index (χ4v) is 6.93. The Morgan fingerprint density at radius 1 is 0.977 bits per heavy atom. The lowest BCUT2D eigenvalue weighted by Crippen LogP contribution is -2.46. The van der Waals surface area contributed by atoms with E-state index >= 15 is 0 Å². The molecule has 0 bridgehead atoms.